The van der Waals surface area contributed by atoms with Gasteiger partial charge in [-0.1, -0.05) is 12.1 Å². The van der Waals surface area contributed by atoms with E-state index in [1.165, 1.54) is 32.4 Å². The number of ether oxygens (including phenoxy) is 3. The molecule has 0 saturated carbocycles. The number of hydrogen-bond acceptors (Lipinski definition) is 6. The van der Waals surface area contributed by atoms with Gasteiger partial charge in [-0.25, -0.2) is 4.39 Å². The summed E-state index contributed by atoms with van der Waals surface area (Å²) in [7, 11) is 3.03. The smallest absolute Gasteiger partial charge is 0.325 e. The molecule has 0 aliphatic carbocycles. The van der Waals surface area contributed by atoms with Crippen LogP contribution in [0.25, 0.3) is 0 Å². The van der Waals surface area contributed by atoms with Crippen molar-refractivity contribution < 1.29 is 33.0 Å². The largest absolute Gasteiger partial charge is 0.493 e. The molecule has 0 radical (unpaired) electrons. The van der Waals surface area contributed by atoms with Crippen molar-refractivity contribution in [3.05, 3.63) is 59.4 Å². The third-order valence-electron chi connectivity index (χ3n) is 3.78. The second-order valence-corrected chi connectivity index (χ2v) is 5.82. The van der Waals surface area contributed by atoms with Crippen molar-refractivity contribution in [2.75, 3.05) is 27.4 Å². The van der Waals surface area contributed by atoms with Crippen molar-refractivity contribution in [1.82, 2.24) is 10.6 Å². The van der Waals surface area contributed by atoms with Gasteiger partial charge in [-0.2, -0.15) is 0 Å². The van der Waals surface area contributed by atoms with Crippen LogP contribution in [0.3, 0.4) is 0 Å². The zero-order valence-corrected chi connectivity index (χ0v) is 16.0. The van der Waals surface area contributed by atoms with Gasteiger partial charge in [0.15, 0.2) is 18.1 Å². The van der Waals surface area contributed by atoms with E-state index in [-0.39, 0.29) is 12.1 Å². The minimum atomic E-state index is -0.795. The lowest BCUT2D eigenvalue weighted by molar-refractivity contribution is -0.147. The molecule has 154 valence electrons. The Labute approximate surface area is 166 Å². The van der Waals surface area contributed by atoms with Gasteiger partial charge in [-0.3, -0.25) is 14.4 Å². The van der Waals surface area contributed by atoms with Gasteiger partial charge >= 0.3 is 5.97 Å². The van der Waals surface area contributed by atoms with Gasteiger partial charge in [0, 0.05) is 12.1 Å². The lowest BCUT2D eigenvalue weighted by Crippen LogP contribution is -2.33. The maximum atomic E-state index is 13.1. The summed E-state index contributed by atoms with van der Waals surface area (Å²) < 4.78 is 28.2. The van der Waals surface area contributed by atoms with Crippen LogP contribution in [0.1, 0.15) is 15.9 Å². The molecule has 9 heteroatoms. The molecule has 0 spiro atoms. The second-order valence-electron chi connectivity index (χ2n) is 5.82. The standard InChI is InChI=1S/C20H21FN2O6/c1-27-16-7-6-13(8-17(16)28-2)10-22-18(24)12-29-19(25)11-23-20(26)14-4-3-5-15(21)9-14/h3-9H,10-12H2,1-2H3,(H,22,24)(H,23,26). The van der Waals surface area contributed by atoms with Gasteiger partial charge in [0.05, 0.1) is 14.2 Å². The molecule has 0 heterocycles. The summed E-state index contributed by atoms with van der Waals surface area (Å²) in [6.07, 6.45) is 0. The summed E-state index contributed by atoms with van der Waals surface area (Å²) in [6, 6.07) is 10.2. The van der Waals surface area contributed by atoms with Gasteiger partial charge in [0.1, 0.15) is 12.4 Å². The third kappa shape index (κ3) is 6.80. The van der Waals surface area contributed by atoms with E-state index in [9.17, 15) is 18.8 Å². The van der Waals surface area contributed by atoms with E-state index in [0.29, 0.717) is 11.5 Å². The number of rotatable bonds is 9. The van der Waals surface area contributed by atoms with Gasteiger partial charge in [-0.15, -0.1) is 0 Å². The Bertz CT molecular complexity index is 887. The van der Waals surface area contributed by atoms with Crippen LogP contribution in [0, 0.1) is 5.82 Å². The highest BCUT2D eigenvalue weighted by Gasteiger charge is 2.12. The number of esters is 1. The van der Waals surface area contributed by atoms with Crippen molar-refractivity contribution in [3.8, 4) is 11.5 Å². The first-order valence-corrected chi connectivity index (χ1v) is 8.60. The van der Waals surface area contributed by atoms with Crippen molar-refractivity contribution in [1.29, 1.82) is 0 Å². The summed E-state index contributed by atoms with van der Waals surface area (Å²) in [5, 5.41) is 4.89. The van der Waals surface area contributed by atoms with Crippen molar-refractivity contribution >= 4 is 17.8 Å². The number of nitrogens with one attached hydrogen (secondary N) is 2. The molecule has 0 aliphatic rings. The highest BCUT2D eigenvalue weighted by molar-refractivity contribution is 5.96. The van der Waals surface area contributed by atoms with E-state index in [1.54, 1.807) is 18.2 Å². The van der Waals surface area contributed by atoms with E-state index in [4.69, 9.17) is 14.2 Å². The van der Waals surface area contributed by atoms with E-state index in [2.05, 4.69) is 10.6 Å². The fraction of sp³-hybridized carbons (Fsp3) is 0.250. The molecule has 0 atom stereocenters. The van der Waals surface area contributed by atoms with Crippen LogP contribution in [0.2, 0.25) is 0 Å². The van der Waals surface area contributed by atoms with Crippen LogP contribution in [-0.2, 0) is 20.9 Å². The Morgan fingerprint density at radius 2 is 1.72 bits per heavy atom. The molecule has 0 aliphatic heterocycles. The van der Waals surface area contributed by atoms with Gasteiger partial charge in [0.25, 0.3) is 11.8 Å². The summed E-state index contributed by atoms with van der Waals surface area (Å²) in [5.74, 6) is -1.40. The molecule has 0 bridgehead atoms. The first kappa shape index (κ1) is 21.7. The molecule has 2 N–H and O–H groups in total. The molecule has 29 heavy (non-hydrogen) atoms. The Morgan fingerprint density at radius 1 is 0.966 bits per heavy atom. The van der Waals surface area contributed by atoms with E-state index in [1.807, 2.05) is 0 Å². The van der Waals surface area contributed by atoms with Crippen LogP contribution in [0.15, 0.2) is 42.5 Å². The minimum Gasteiger partial charge on any atom is -0.493 e. The summed E-state index contributed by atoms with van der Waals surface area (Å²) in [4.78, 5) is 35.3. The molecule has 2 aromatic rings. The molecule has 2 rings (SSSR count). The lowest BCUT2D eigenvalue weighted by Gasteiger charge is -2.10. The number of methoxy groups -OCH3 is 2. The Morgan fingerprint density at radius 3 is 2.41 bits per heavy atom. The number of hydrogen-bond donors (Lipinski definition) is 2. The van der Waals surface area contributed by atoms with Gasteiger partial charge in [-0.05, 0) is 35.9 Å². The lowest BCUT2D eigenvalue weighted by atomic mass is 10.2. The molecule has 2 aromatic carbocycles. The minimum absolute atomic E-state index is 0.0745. The fourth-order valence-corrected chi connectivity index (χ4v) is 2.32. The fourth-order valence-electron chi connectivity index (χ4n) is 2.32. The van der Waals surface area contributed by atoms with Crippen LogP contribution in [0.5, 0.6) is 11.5 Å². The highest BCUT2D eigenvalue weighted by Crippen LogP contribution is 2.27. The van der Waals surface area contributed by atoms with Gasteiger partial charge < -0.3 is 24.8 Å². The van der Waals surface area contributed by atoms with Crippen LogP contribution >= 0.6 is 0 Å². The van der Waals surface area contributed by atoms with Crippen LogP contribution < -0.4 is 20.1 Å². The Hall–Kier alpha value is -3.62. The van der Waals surface area contributed by atoms with E-state index < -0.39 is 36.8 Å². The summed E-state index contributed by atoms with van der Waals surface area (Å²) in [6.45, 7) is -0.743. The molecule has 0 aromatic heterocycles. The zero-order valence-electron chi connectivity index (χ0n) is 16.0. The van der Waals surface area contributed by atoms with Crippen molar-refractivity contribution in [2.24, 2.45) is 0 Å². The number of benzene rings is 2. The molecule has 0 fully saturated rings. The van der Waals surface area contributed by atoms with E-state index in [0.717, 1.165) is 11.6 Å². The van der Waals surface area contributed by atoms with E-state index >= 15 is 0 Å². The maximum Gasteiger partial charge on any atom is 0.325 e. The topological polar surface area (TPSA) is 103 Å². The number of amides is 2. The predicted octanol–water partition coefficient (Wildman–Crippen LogP) is 1.43. The molecule has 8 nitrogen and oxygen atoms in total. The number of halogens is 1. The van der Waals surface area contributed by atoms with Crippen molar-refractivity contribution in [3.63, 3.8) is 0 Å². The quantitative estimate of drug-likeness (QED) is 0.613. The normalized spacial score (nSPS) is 10.0. The molecular formula is C20H21FN2O6. The number of carbonyl (C=O) groups excluding carboxylic acids is 3. The maximum absolute atomic E-state index is 13.1. The average Bonchev–Trinajstić information content (AvgIpc) is 2.74. The highest BCUT2D eigenvalue weighted by atomic mass is 19.1. The molecule has 0 saturated heterocycles. The third-order valence-corrected chi connectivity index (χ3v) is 3.78. The van der Waals surface area contributed by atoms with Crippen molar-refractivity contribution in [2.45, 2.75) is 6.54 Å². The molecule has 0 unspecified atom stereocenters. The van der Waals surface area contributed by atoms with Crippen LogP contribution in [0.4, 0.5) is 4.39 Å². The number of carbonyl (C=O) groups is 3. The van der Waals surface area contributed by atoms with Gasteiger partial charge in [0.2, 0.25) is 0 Å². The summed E-state index contributed by atoms with van der Waals surface area (Å²) >= 11 is 0. The molecular weight excluding hydrogens is 383 g/mol. The predicted molar refractivity (Wildman–Crippen MR) is 101 cm³/mol. The summed E-state index contributed by atoms with van der Waals surface area (Å²) in [5.41, 5.74) is 0.843. The van der Waals surface area contributed by atoms with Crippen LogP contribution in [-0.4, -0.2) is 45.2 Å². The second kappa shape index (κ2) is 10.6. The zero-order chi connectivity index (χ0) is 21.2. The first-order chi connectivity index (χ1) is 13.9. The average molecular weight is 404 g/mol. The first-order valence-electron chi connectivity index (χ1n) is 8.60. The Kier molecular flexibility index (Phi) is 7.96. The monoisotopic (exact) mass is 404 g/mol. The SMILES string of the molecule is COc1ccc(CNC(=O)COC(=O)CNC(=O)c2cccc(F)c2)cc1OC. The Balaban J connectivity index is 1.72. The molecule has 2 amide bonds.